The standard InChI is InChI=1S/C8H13N5/c1-10-6-4-7(11-5-2-3-5)13-8(9)12-6/h4-5H,2-3H2,1H3,(H4,9,10,11,12,13). The van der Waals surface area contributed by atoms with Gasteiger partial charge in [0.05, 0.1) is 0 Å². The second kappa shape index (κ2) is 3.08. The lowest BCUT2D eigenvalue weighted by atomic mass is 10.5. The summed E-state index contributed by atoms with van der Waals surface area (Å²) in [5, 5.41) is 6.19. The van der Waals surface area contributed by atoms with E-state index < -0.39 is 0 Å². The van der Waals surface area contributed by atoms with Crippen LogP contribution >= 0.6 is 0 Å². The van der Waals surface area contributed by atoms with E-state index in [2.05, 4.69) is 20.6 Å². The van der Waals surface area contributed by atoms with Gasteiger partial charge in [0.1, 0.15) is 11.6 Å². The molecule has 1 aliphatic rings. The van der Waals surface area contributed by atoms with Crippen molar-refractivity contribution in [2.24, 2.45) is 0 Å². The highest BCUT2D eigenvalue weighted by molar-refractivity contribution is 5.51. The maximum Gasteiger partial charge on any atom is 0.223 e. The maximum absolute atomic E-state index is 5.53. The summed E-state index contributed by atoms with van der Waals surface area (Å²) >= 11 is 0. The molecule has 1 fully saturated rings. The van der Waals surface area contributed by atoms with Crippen LogP contribution in [-0.2, 0) is 0 Å². The minimum Gasteiger partial charge on any atom is -0.373 e. The Morgan fingerprint density at radius 3 is 2.69 bits per heavy atom. The number of nitrogens with two attached hydrogens (primary N) is 1. The molecule has 4 N–H and O–H groups in total. The molecule has 5 heteroatoms. The Bertz CT molecular complexity index is 307. The number of anilines is 3. The lowest BCUT2D eigenvalue weighted by Crippen LogP contribution is -2.07. The zero-order valence-electron chi connectivity index (χ0n) is 7.54. The van der Waals surface area contributed by atoms with E-state index in [0.717, 1.165) is 11.6 Å². The summed E-state index contributed by atoms with van der Waals surface area (Å²) in [6.45, 7) is 0. The van der Waals surface area contributed by atoms with Gasteiger partial charge in [-0.2, -0.15) is 9.97 Å². The number of nitrogen functional groups attached to an aromatic ring is 1. The molecule has 0 aromatic carbocycles. The quantitative estimate of drug-likeness (QED) is 0.636. The molecule has 70 valence electrons. The van der Waals surface area contributed by atoms with E-state index in [0.29, 0.717) is 12.0 Å². The highest BCUT2D eigenvalue weighted by atomic mass is 15.1. The zero-order chi connectivity index (χ0) is 9.26. The Morgan fingerprint density at radius 1 is 1.38 bits per heavy atom. The minimum atomic E-state index is 0.301. The number of nitrogens with zero attached hydrogens (tertiary/aromatic N) is 2. The normalized spacial score (nSPS) is 15.5. The Hall–Kier alpha value is -1.52. The smallest absolute Gasteiger partial charge is 0.223 e. The van der Waals surface area contributed by atoms with Crippen molar-refractivity contribution in [1.29, 1.82) is 0 Å². The molecule has 13 heavy (non-hydrogen) atoms. The van der Waals surface area contributed by atoms with Gasteiger partial charge in [0.15, 0.2) is 0 Å². The van der Waals surface area contributed by atoms with Crippen molar-refractivity contribution in [1.82, 2.24) is 9.97 Å². The number of rotatable bonds is 3. The third-order valence-corrected chi connectivity index (χ3v) is 1.93. The molecule has 1 aliphatic carbocycles. The summed E-state index contributed by atoms with van der Waals surface area (Å²) in [5.41, 5.74) is 5.53. The monoisotopic (exact) mass is 179 g/mol. The third-order valence-electron chi connectivity index (χ3n) is 1.93. The molecular weight excluding hydrogens is 166 g/mol. The Balaban J connectivity index is 2.17. The Morgan fingerprint density at radius 2 is 2.08 bits per heavy atom. The third kappa shape index (κ3) is 1.99. The Labute approximate surface area is 76.8 Å². The first-order chi connectivity index (χ1) is 6.28. The molecule has 1 aromatic rings. The number of nitrogens with one attached hydrogen (secondary N) is 2. The van der Waals surface area contributed by atoms with E-state index in [1.807, 2.05) is 13.1 Å². The summed E-state index contributed by atoms with van der Waals surface area (Å²) in [5.74, 6) is 1.85. The molecule has 0 radical (unpaired) electrons. The van der Waals surface area contributed by atoms with Gasteiger partial charge in [0.25, 0.3) is 0 Å². The summed E-state index contributed by atoms with van der Waals surface area (Å²) in [6.07, 6.45) is 2.44. The average Bonchev–Trinajstić information content (AvgIpc) is 2.87. The van der Waals surface area contributed by atoms with Crippen LogP contribution in [0.4, 0.5) is 17.6 Å². The Kier molecular flexibility index (Phi) is 1.92. The fourth-order valence-corrected chi connectivity index (χ4v) is 1.10. The largest absolute Gasteiger partial charge is 0.373 e. The number of hydrogen-bond donors (Lipinski definition) is 3. The second-order valence-corrected chi connectivity index (χ2v) is 3.17. The van der Waals surface area contributed by atoms with Crippen LogP contribution in [0.25, 0.3) is 0 Å². The van der Waals surface area contributed by atoms with Gasteiger partial charge in [-0.15, -0.1) is 0 Å². The minimum absolute atomic E-state index is 0.301. The van der Waals surface area contributed by atoms with E-state index >= 15 is 0 Å². The van der Waals surface area contributed by atoms with Gasteiger partial charge in [-0.05, 0) is 12.8 Å². The summed E-state index contributed by atoms with van der Waals surface area (Å²) < 4.78 is 0. The van der Waals surface area contributed by atoms with E-state index in [9.17, 15) is 0 Å². The number of hydrogen-bond acceptors (Lipinski definition) is 5. The fourth-order valence-electron chi connectivity index (χ4n) is 1.10. The van der Waals surface area contributed by atoms with Gasteiger partial charge in [-0.1, -0.05) is 0 Å². The number of aromatic nitrogens is 2. The van der Waals surface area contributed by atoms with E-state index in [1.54, 1.807) is 0 Å². The molecule has 0 aliphatic heterocycles. The average molecular weight is 179 g/mol. The topological polar surface area (TPSA) is 75.9 Å². The van der Waals surface area contributed by atoms with Crippen LogP contribution in [0.15, 0.2) is 6.07 Å². The van der Waals surface area contributed by atoms with E-state index in [-0.39, 0.29) is 0 Å². The van der Waals surface area contributed by atoms with Crippen molar-refractivity contribution in [3.8, 4) is 0 Å². The molecular formula is C8H13N5. The predicted octanol–water partition coefficient (Wildman–Crippen LogP) is 0.675. The summed E-state index contributed by atoms with van der Waals surface area (Å²) in [6, 6.07) is 2.44. The molecule has 0 amide bonds. The molecule has 1 saturated carbocycles. The van der Waals surface area contributed by atoms with Crippen molar-refractivity contribution in [2.45, 2.75) is 18.9 Å². The fraction of sp³-hybridized carbons (Fsp3) is 0.500. The van der Waals surface area contributed by atoms with Gasteiger partial charge in [0.2, 0.25) is 5.95 Å². The van der Waals surface area contributed by atoms with Gasteiger partial charge in [-0.25, -0.2) is 0 Å². The molecule has 0 spiro atoms. The molecule has 0 saturated heterocycles. The van der Waals surface area contributed by atoms with Crippen molar-refractivity contribution in [3.05, 3.63) is 6.07 Å². The lowest BCUT2D eigenvalue weighted by molar-refractivity contribution is 1.09. The molecule has 1 heterocycles. The van der Waals surface area contributed by atoms with Crippen LogP contribution in [0.2, 0.25) is 0 Å². The van der Waals surface area contributed by atoms with Crippen LogP contribution in [-0.4, -0.2) is 23.1 Å². The highest BCUT2D eigenvalue weighted by Gasteiger charge is 2.21. The summed E-state index contributed by atoms with van der Waals surface area (Å²) in [4.78, 5) is 8.07. The van der Waals surface area contributed by atoms with Crippen LogP contribution in [0.3, 0.4) is 0 Å². The first kappa shape index (κ1) is 8.10. The predicted molar refractivity (Wildman–Crippen MR) is 52.6 cm³/mol. The summed E-state index contributed by atoms with van der Waals surface area (Å²) in [7, 11) is 1.81. The molecule has 5 nitrogen and oxygen atoms in total. The van der Waals surface area contributed by atoms with Crippen LogP contribution < -0.4 is 16.4 Å². The van der Waals surface area contributed by atoms with Gasteiger partial charge in [-0.3, -0.25) is 0 Å². The van der Waals surface area contributed by atoms with Crippen molar-refractivity contribution < 1.29 is 0 Å². The van der Waals surface area contributed by atoms with E-state index in [4.69, 9.17) is 5.73 Å². The molecule has 1 aromatic heterocycles. The van der Waals surface area contributed by atoms with Gasteiger partial charge in [0, 0.05) is 19.2 Å². The van der Waals surface area contributed by atoms with Crippen LogP contribution in [0, 0.1) is 0 Å². The van der Waals surface area contributed by atoms with Crippen molar-refractivity contribution >= 4 is 17.6 Å². The van der Waals surface area contributed by atoms with Crippen molar-refractivity contribution in [2.75, 3.05) is 23.4 Å². The molecule has 0 atom stereocenters. The lowest BCUT2D eigenvalue weighted by Gasteiger charge is -2.06. The molecule has 0 unspecified atom stereocenters. The highest BCUT2D eigenvalue weighted by Crippen LogP contribution is 2.24. The second-order valence-electron chi connectivity index (χ2n) is 3.17. The van der Waals surface area contributed by atoms with Gasteiger partial charge < -0.3 is 16.4 Å². The first-order valence-corrected chi connectivity index (χ1v) is 4.37. The SMILES string of the molecule is CNc1cc(NC2CC2)nc(N)n1. The zero-order valence-corrected chi connectivity index (χ0v) is 7.54. The van der Waals surface area contributed by atoms with E-state index in [1.165, 1.54) is 12.8 Å². The maximum atomic E-state index is 5.53. The van der Waals surface area contributed by atoms with Crippen molar-refractivity contribution in [3.63, 3.8) is 0 Å². The molecule has 0 bridgehead atoms. The molecule has 2 rings (SSSR count). The van der Waals surface area contributed by atoms with Crippen LogP contribution in [0.5, 0.6) is 0 Å². The first-order valence-electron chi connectivity index (χ1n) is 4.37. The van der Waals surface area contributed by atoms with Crippen LogP contribution in [0.1, 0.15) is 12.8 Å². The van der Waals surface area contributed by atoms with Gasteiger partial charge >= 0.3 is 0 Å².